The number of hydrogen-bond acceptors (Lipinski definition) is 1. The molecule has 114 valence electrons. The summed E-state index contributed by atoms with van der Waals surface area (Å²) in [6.45, 7) is 4.50. The number of benzene rings is 1. The summed E-state index contributed by atoms with van der Waals surface area (Å²) < 4.78 is 0. The van der Waals surface area contributed by atoms with Gasteiger partial charge in [-0.15, -0.1) is 0 Å². The van der Waals surface area contributed by atoms with Crippen molar-refractivity contribution in [2.24, 2.45) is 23.7 Å². The zero-order valence-corrected chi connectivity index (χ0v) is 13.5. The van der Waals surface area contributed by atoms with E-state index in [-0.39, 0.29) is 0 Å². The van der Waals surface area contributed by atoms with Gasteiger partial charge in [-0.2, -0.15) is 0 Å². The maximum absolute atomic E-state index is 4.08. The SMILES string of the molecule is CCC(NC1C2CC3CC(C2)CC1C3)c1ccc(C)cc1. The minimum atomic E-state index is 0.549. The van der Waals surface area contributed by atoms with Crippen molar-refractivity contribution >= 4 is 0 Å². The Morgan fingerprint density at radius 2 is 1.52 bits per heavy atom. The van der Waals surface area contributed by atoms with Gasteiger partial charge in [-0.25, -0.2) is 0 Å². The van der Waals surface area contributed by atoms with Gasteiger partial charge in [-0.1, -0.05) is 36.8 Å². The topological polar surface area (TPSA) is 12.0 Å². The molecule has 21 heavy (non-hydrogen) atoms. The zero-order chi connectivity index (χ0) is 14.4. The van der Waals surface area contributed by atoms with Crippen LogP contribution in [0, 0.1) is 30.6 Å². The van der Waals surface area contributed by atoms with E-state index in [1.807, 2.05) is 0 Å². The molecule has 1 N–H and O–H groups in total. The molecule has 0 aliphatic heterocycles. The summed E-state index contributed by atoms with van der Waals surface area (Å²) in [6, 6.07) is 10.5. The Labute approximate surface area is 129 Å². The fraction of sp³-hybridized carbons (Fsp3) is 0.700. The lowest BCUT2D eigenvalue weighted by Gasteiger charge is -2.55. The molecule has 4 bridgehead atoms. The van der Waals surface area contributed by atoms with E-state index in [0.717, 1.165) is 29.7 Å². The molecular weight excluding hydrogens is 254 g/mol. The van der Waals surface area contributed by atoms with Crippen molar-refractivity contribution in [2.75, 3.05) is 0 Å². The molecule has 0 heterocycles. The van der Waals surface area contributed by atoms with Crippen LogP contribution in [0.15, 0.2) is 24.3 Å². The van der Waals surface area contributed by atoms with E-state index in [4.69, 9.17) is 0 Å². The van der Waals surface area contributed by atoms with Gasteiger partial charge in [0, 0.05) is 12.1 Å². The van der Waals surface area contributed by atoms with E-state index in [2.05, 4.69) is 43.4 Å². The molecular formula is C20H29N. The predicted octanol–water partition coefficient (Wildman–Crippen LogP) is 4.86. The van der Waals surface area contributed by atoms with Crippen molar-refractivity contribution in [1.29, 1.82) is 0 Å². The van der Waals surface area contributed by atoms with E-state index in [1.54, 1.807) is 6.42 Å². The molecule has 1 atom stereocenters. The highest BCUT2D eigenvalue weighted by molar-refractivity contribution is 5.24. The third kappa shape index (κ3) is 2.54. The second-order valence-electron chi connectivity index (χ2n) is 7.99. The number of nitrogens with one attached hydrogen (secondary N) is 1. The largest absolute Gasteiger partial charge is 0.307 e. The molecule has 1 unspecified atom stereocenters. The Morgan fingerprint density at radius 3 is 2.05 bits per heavy atom. The van der Waals surface area contributed by atoms with Crippen LogP contribution in [0.1, 0.15) is 62.6 Å². The highest BCUT2D eigenvalue weighted by Gasteiger charge is 2.48. The van der Waals surface area contributed by atoms with Crippen LogP contribution >= 0.6 is 0 Å². The summed E-state index contributed by atoms with van der Waals surface area (Å²) in [5.41, 5.74) is 2.85. The van der Waals surface area contributed by atoms with Gasteiger partial charge in [0.05, 0.1) is 0 Å². The van der Waals surface area contributed by atoms with E-state index in [9.17, 15) is 0 Å². The Balaban J connectivity index is 1.50. The smallest absolute Gasteiger partial charge is 0.0320 e. The molecule has 4 aliphatic carbocycles. The van der Waals surface area contributed by atoms with Gasteiger partial charge in [0.1, 0.15) is 0 Å². The van der Waals surface area contributed by atoms with E-state index in [1.165, 1.54) is 43.2 Å². The monoisotopic (exact) mass is 283 g/mol. The fourth-order valence-corrected chi connectivity index (χ4v) is 5.68. The van der Waals surface area contributed by atoms with Crippen molar-refractivity contribution in [3.8, 4) is 0 Å². The molecule has 0 spiro atoms. The predicted molar refractivity (Wildman–Crippen MR) is 88.2 cm³/mol. The van der Waals surface area contributed by atoms with Gasteiger partial charge in [0.2, 0.25) is 0 Å². The van der Waals surface area contributed by atoms with Crippen molar-refractivity contribution in [3.05, 3.63) is 35.4 Å². The molecule has 1 aromatic rings. The summed E-state index contributed by atoms with van der Waals surface area (Å²) in [7, 11) is 0. The Kier molecular flexibility index (Phi) is 3.57. The fourth-order valence-electron chi connectivity index (χ4n) is 5.68. The Hall–Kier alpha value is -0.820. The average Bonchev–Trinajstić information content (AvgIpc) is 2.47. The Morgan fingerprint density at radius 1 is 0.952 bits per heavy atom. The second kappa shape index (κ2) is 5.43. The van der Waals surface area contributed by atoms with E-state index < -0.39 is 0 Å². The maximum atomic E-state index is 4.08. The van der Waals surface area contributed by atoms with Gasteiger partial charge < -0.3 is 5.32 Å². The first-order valence-corrected chi connectivity index (χ1v) is 9.05. The lowest BCUT2D eigenvalue weighted by atomic mass is 9.54. The van der Waals surface area contributed by atoms with Crippen LogP contribution in [-0.4, -0.2) is 6.04 Å². The van der Waals surface area contributed by atoms with Gasteiger partial charge in [0.15, 0.2) is 0 Å². The second-order valence-corrected chi connectivity index (χ2v) is 7.99. The highest BCUT2D eigenvalue weighted by Crippen LogP contribution is 2.54. The molecule has 4 saturated carbocycles. The molecule has 0 amide bonds. The van der Waals surface area contributed by atoms with E-state index >= 15 is 0 Å². The lowest BCUT2D eigenvalue weighted by molar-refractivity contribution is -0.0179. The first-order chi connectivity index (χ1) is 10.2. The summed E-state index contributed by atoms with van der Waals surface area (Å²) >= 11 is 0. The standard InChI is InChI=1S/C20H29N/c1-3-19(16-6-4-13(2)5-7-16)21-20-17-9-14-8-15(11-17)12-18(20)10-14/h4-7,14-15,17-21H,3,8-12H2,1-2H3. The minimum absolute atomic E-state index is 0.549. The van der Waals surface area contributed by atoms with Crippen LogP contribution in [-0.2, 0) is 0 Å². The van der Waals surface area contributed by atoms with Crippen LogP contribution < -0.4 is 5.32 Å². The van der Waals surface area contributed by atoms with Crippen LogP contribution in [0.4, 0.5) is 0 Å². The molecule has 1 nitrogen and oxygen atoms in total. The first kappa shape index (κ1) is 13.8. The van der Waals surface area contributed by atoms with Crippen LogP contribution in [0.5, 0.6) is 0 Å². The zero-order valence-electron chi connectivity index (χ0n) is 13.5. The maximum Gasteiger partial charge on any atom is 0.0320 e. The normalized spacial score (nSPS) is 38.7. The van der Waals surface area contributed by atoms with Crippen LogP contribution in [0.2, 0.25) is 0 Å². The van der Waals surface area contributed by atoms with Crippen molar-refractivity contribution in [1.82, 2.24) is 5.32 Å². The molecule has 4 fully saturated rings. The summed E-state index contributed by atoms with van der Waals surface area (Å²) in [4.78, 5) is 0. The number of hydrogen-bond donors (Lipinski definition) is 1. The molecule has 0 aromatic heterocycles. The highest BCUT2D eigenvalue weighted by atomic mass is 15.0. The van der Waals surface area contributed by atoms with Crippen molar-refractivity contribution in [3.63, 3.8) is 0 Å². The summed E-state index contributed by atoms with van der Waals surface area (Å²) in [5.74, 6) is 4.09. The van der Waals surface area contributed by atoms with Gasteiger partial charge in [-0.05, 0) is 74.7 Å². The van der Waals surface area contributed by atoms with Crippen LogP contribution in [0.25, 0.3) is 0 Å². The van der Waals surface area contributed by atoms with Crippen molar-refractivity contribution < 1.29 is 0 Å². The molecule has 0 saturated heterocycles. The van der Waals surface area contributed by atoms with E-state index in [0.29, 0.717) is 6.04 Å². The van der Waals surface area contributed by atoms with Gasteiger partial charge in [-0.3, -0.25) is 0 Å². The third-order valence-corrected chi connectivity index (χ3v) is 6.51. The number of aryl methyl sites for hydroxylation is 1. The lowest BCUT2D eigenvalue weighted by Crippen LogP contribution is -2.55. The van der Waals surface area contributed by atoms with Crippen molar-refractivity contribution in [2.45, 2.75) is 64.5 Å². The average molecular weight is 283 g/mol. The third-order valence-electron chi connectivity index (χ3n) is 6.51. The Bertz CT molecular complexity index is 461. The number of rotatable bonds is 4. The van der Waals surface area contributed by atoms with Crippen LogP contribution in [0.3, 0.4) is 0 Å². The molecule has 0 radical (unpaired) electrons. The summed E-state index contributed by atoms with van der Waals surface area (Å²) in [6.07, 6.45) is 8.79. The van der Waals surface area contributed by atoms with Gasteiger partial charge >= 0.3 is 0 Å². The minimum Gasteiger partial charge on any atom is -0.307 e. The quantitative estimate of drug-likeness (QED) is 0.832. The molecule has 1 aromatic carbocycles. The molecule has 1 heteroatoms. The summed E-state index contributed by atoms with van der Waals surface area (Å²) in [5, 5.41) is 4.08. The molecule has 5 rings (SSSR count). The first-order valence-electron chi connectivity index (χ1n) is 9.05. The van der Waals surface area contributed by atoms with Gasteiger partial charge in [0.25, 0.3) is 0 Å². The molecule has 4 aliphatic rings.